The average Bonchev–Trinajstić information content (AvgIpc) is 2.24. The quantitative estimate of drug-likeness (QED) is 0.824. The van der Waals surface area contributed by atoms with E-state index in [9.17, 15) is 9.59 Å². The van der Waals surface area contributed by atoms with Gasteiger partial charge in [0.15, 0.2) is 0 Å². The molecule has 0 aliphatic carbocycles. The highest BCUT2D eigenvalue weighted by atomic mass is 32.2. The molecule has 4 nitrogen and oxygen atoms in total. The first kappa shape index (κ1) is 9.79. The summed E-state index contributed by atoms with van der Waals surface area (Å²) in [6.45, 7) is 0. The van der Waals surface area contributed by atoms with Crippen LogP contribution in [0.2, 0.25) is 0 Å². The van der Waals surface area contributed by atoms with Gasteiger partial charge in [0.2, 0.25) is 0 Å². The van der Waals surface area contributed by atoms with Gasteiger partial charge in [-0.2, -0.15) is 0 Å². The van der Waals surface area contributed by atoms with E-state index in [1.54, 1.807) is 0 Å². The zero-order chi connectivity index (χ0) is 10.7. The topological polar surface area (TPSA) is 54.9 Å². The normalized spacial score (nSPS) is 10.1. The molecule has 2 aromatic rings. The molecule has 0 aliphatic rings. The molecule has 0 saturated carbocycles. The molecule has 0 radical (unpaired) electrons. The van der Waals surface area contributed by atoms with Gasteiger partial charge in [0, 0.05) is 17.2 Å². The number of nitrogens with zero attached hydrogens (tertiary/aromatic N) is 1. The van der Waals surface area contributed by atoms with Gasteiger partial charge in [-0.3, -0.25) is 9.78 Å². The summed E-state index contributed by atoms with van der Waals surface area (Å²) in [5.41, 5.74) is -0.804. The van der Waals surface area contributed by atoms with E-state index in [-0.39, 0.29) is 5.56 Å². The molecule has 5 heteroatoms. The van der Waals surface area contributed by atoms with Crippen LogP contribution in [-0.4, -0.2) is 8.96 Å². The molecule has 0 atom stereocenters. The number of H-pyrrole nitrogens is 1. The van der Waals surface area contributed by atoms with Crippen molar-refractivity contribution in [3.05, 3.63) is 63.4 Å². The van der Waals surface area contributed by atoms with Crippen LogP contribution in [0, 0.1) is 0 Å². The summed E-state index contributed by atoms with van der Waals surface area (Å²) < 4.78 is 1.37. The van der Waals surface area contributed by atoms with E-state index >= 15 is 0 Å². The minimum absolute atomic E-state index is 0.384. The van der Waals surface area contributed by atoms with Gasteiger partial charge in [0.05, 0.1) is 0 Å². The van der Waals surface area contributed by atoms with Crippen molar-refractivity contribution in [1.82, 2.24) is 8.96 Å². The number of aromatic nitrogens is 2. The molecule has 1 N–H and O–H groups in total. The Bertz CT molecular complexity index is 559. The molecule has 0 spiro atoms. The van der Waals surface area contributed by atoms with E-state index in [0.29, 0.717) is 0 Å². The van der Waals surface area contributed by atoms with E-state index < -0.39 is 5.69 Å². The largest absolute Gasteiger partial charge is 0.338 e. The van der Waals surface area contributed by atoms with E-state index in [1.807, 2.05) is 30.3 Å². The standard InChI is InChI=1S/C10H8N2O2S/c13-9-6-7-12(10(14)11-9)15-8-4-2-1-3-5-8/h1-7H,(H,11,13,14). The molecule has 0 unspecified atom stereocenters. The number of hydrogen-bond acceptors (Lipinski definition) is 3. The summed E-state index contributed by atoms with van der Waals surface area (Å²) in [6, 6.07) is 10.8. The lowest BCUT2D eigenvalue weighted by molar-refractivity contribution is 0.987. The molecule has 1 aromatic heterocycles. The van der Waals surface area contributed by atoms with Crippen molar-refractivity contribution >= 4 is 11.9 Å². The molecular weight excluding hydrogens is 212 g/mol. The molecule has 0 aliphatic heterocycles. The summed E-state index contributed by atoms with van der Waals surface area (Å²) in [5.74, 6) is 0. The monoisotopic (exact) mass is 220 g/mol. The first-order valence-corrected chi connectivity index (χ1v) is 5.08. The fraction of sp³-hybridized carbons (Fsp3) is 0. The number of hydrogen-bond donors (Lipinski definition) is 1. The third-order valence-corrected chi connectivity index (χ3v) is 2.71. The van der Waals surface area contributed by atoms with Crippen LogP contribution in [-0.2, 0) is 0 Å². The predicted octanol–water partition coefficient (Wildman–Crippen LogP) is 1.09. The third kappa shape index (κ3) is 2.38. The molecule has 0 bridgehead atoms. The van der Waals surface area contributed by atoms with Crippen molar-refractivity contribution in [2.24, 2.45) is 0 Å². The minimum Gasteiger partial charge on any atom is -0.273 e. The van der Waals surface area contributed by atoms with Gasteiger partial charge >= 0.3 is 5.69 Å². The first-order valence-electron chi connectivity index (χ1n) is 4.31. The summed E-state index contributed by atoms with van der Waals surface area (Å²) >= 11 is 1.26. The molecule has 2 rings (SSSR count). The zero-order valence-corrected chi connectivity index (χ0v) is 8.53. The van der Waals surface area contributed by atoms with Crippen molar-refractivity contribution in [3.63, 3.8) is 0 Å². The summed E-state index contributed by atoms with van der Waals surface area (Å²) in [7, 11) is 0. The van der Waals surface area contributed by atoms with Crippen LogP contribution in [0.3, 0.4) is 0 Å². The van der Waals surface area contributed by atoms with E-state index in [2.05, 4.69) is 4.98 Å². The number of rotatable bonds is 2. The second-order valence-electron chi connectivity index (χ2n) is 2.84. The molecular formula is C10H8N2O2S. The Kier molecular flexibility index (Phi) is 2.73. The maximum absolute atomic E-state index is 11.3. The molecule has 0 saturated heterocycles. The van der Waals surface area contributed by atoms with Crippen LogP contribution < -0.4 is 11.2 Å². The molecule has 0 fully saturated rings. The van der Waals surface area contributed by atoms with Gasteiger partial charge in [0.25, 0.3) is 5.56 Å². The highest BCUT2D eigenvalue weighted by Gasteiger charge is 1.98. The Morgan fingerprint density at radius 3 is 2.47 bits per heavy atom. The lowest BCUT2D eigenvalue weighted by atomic mass is 10.4. The Morgan fingerprint density at radius 2 is 1.80 bits per heavy atom. The summed E-state index contributed by atoms with van der Waals surface area (Å²) in [4.78, 5) is 25.3. The smallest absolute Gasteiger partial charge is 0.273 e. The van der Waals surface area contributed by atoms with Gasteiger partial charge in [-0.25, -0.2) is 8.77 Å². The van der Waals surface area contributed by atoms with Crippen LogP contribution in [0.4, 0.5) is 0 Å². The van der Waals surface area contributed by atoms with Crippen molar-refractivity contribution in [2.75, 3.05) is 0 Å². The van der Waals surface area contributed by atoms with Crippen molar-refractivity contribution in [3.8, 4) is 0 Å². The Balaban J connectivity index is 2.33. The third-order valence-electron chi connectivity index (χ3n) is 1.74. The summed E-state index contributed by atoms with van der Waals surface area (Å²) in [6.07, 6.45) is 1.46. The van der Waals surface area contributed by atoms with Crippen molar-refractivity contribution in [2.45, 2.75) is 4.90 Å². The molecule has 1 heterocycles. The second kappa shape index (κ2) is 4.18. The van der Waals surface area contributed by atoms with Crippen LogP contribution in [0.1, 0.15) is 0 Å². The van der Waals surface area contributed by atoms with E-state index in [0.717, 1.165) is 4.90 Å². The lowest BCUT2D eigenvalue weighted by Crippen LogP contribution is -2.25. The van der Waals surface area contributed by atoms with E-state index in [4.69, 9.17) is 0 Å². The van der Waals surface area contributed by atoms with Crippen LogP contribution >= 0.6 is 11.9 Å². The summed E-state index contributed by atoms with van der Waals surface area (Å²) in [5, 5.41) is 0. The maximum Gasteiger partial charge on any atom is 0.338 e. The molecule has 1 aromatic carbocycles. The van der Waals surface area contributed by atoms with Crippen LogP contribution in [0.15, 0.2) is 57.1 Å². The van der Waals surface area contributed by atoms with Gasteiger partial charge in [0.1, 0.15) is 0 Å². The Hall–Kier alpha value is -1.75. The maximum atomic E-state index is 11.3. The molecule has 15 heavy (non-hydrogen) atoms. The van der Waals surface area contributed by atoms with Crippen molar-refractivity contribution < 1.29 is 0 Å². The number of nitrogens with one attached hydrogen (secondary N) is 1. The van der Waals surface area contributed by atoms with Gasteiger partial charge in [-0.15, -0.1) is 0 Å². The van der Waals surface area contributed by atoms with Gasteiger partial charge in [-0.05, 0) is 24.1 Å². The first-order chi connectivity index (χ1) is 7.25. The Morgan fingerprint density at radius 1 is 1.07 bits per heavy atom. The fourth-order valence-electron chi connectivity index (χ4n) is 1.07. The average molecular weight is 220 g/mol. The fourth-order valence-corrected chi connectivity index (χ4v) is 1.83. The van der Waals surface area contributed by atoms with E-state index in [1.165, 1.54) is 28.2 Å². The van der Waals surface area contributed by atoms with Crippen LogP contribution in [0.25, 0.3) is 0 Å². The van der Waals surface area contributed by atoms with Gasteiger partial charge in [-0.1, -0.05) is 18.2 Å². The lowest BCUT2D eigenvalue weighted by Gasteiger charge is -2.01. The minimum atomic E-state index is -0.420. The predicted molar refractivity (Wildman–Crippen MR) is 59.0 cm³/mol. The molecule has 76 valence electrons. The number of benzene rings is 1. The van der Waals surface area contributed by atoms with Crippen molar-refractivity contribution in [1.29, 1.82) is 0 Å². The zero-order valence-electron chi connectivity index (χ0n) is 7.71. The highest BCUT2D eigenvalue weighted by Crippen LogP contribution is 2.16. The molecule has 0 amide bonds. The Labute approximate surface area is 89.7 Å². The SMILES string of the molecule is O=c1ccn(Sc2ccccc2)c(=O)[nH]1. The second-order valence-corrected chi connectivity index (χ2v) is 3.89. The van der Waals surface area contributed by atoms with Gasteiger partial charge < -0.3 is 0 Å². The highest BCUT2D eigenvalue weighted by molar-refractivity contribution is 7.97. The van der Waals surface area contributed by atoms with Crippen LogP contribution in [0.5, 0.6) is 0 Å². The number of aromatic amines is 1.